The second-order valence-corrected chi connectivity index (χ2v) is 3.53. The summed E-state index contributed by atoms with van der Waals surface area (Å²) in [5.41, 5.74) is 2.91. The molecule has 0 aromatic carbocycles. The van der Waals surface area contributed by atoms with Gasteiger partial charge in [-0.3, -0.25) is 9.89 Å². The van der Waals surface area contributed by atoms with Gasteiger partial charge in [0.15, 0.2) is 6.29 Å². The summed E-state index contributed by atoms with van der Waals surface area (Å²) in [6.45, 7) is 2.21. The molecule has 0 unspecified atom stereocenters. The molecule has 1 aromatic heterocycles. The van der Waals surface area contributed by atoms with Crippen LogP contribution in [-0.4, -0.2) is 16.5 Å². The molecule has 0 spiro atoms. The summed E-state index contributed by atoms with van der Waals surface area (Å²) < 4.78 is 0. The Hall–Kier alpha value is -1.12. The van der Waals surface area contributed by atoms with Gasteiger partial charge in [-0.15, -0.1) is 0 Å². The number of hydrogen-bond donors (Lipinski definition) is 1. The third-order valence-corrected chi connectivity index (χ3v) is 2.54. The first kappa shape index (κ1) is 7.53. The first-order valence-corrected chi connectivity index (χ1v) is 4.32. The molecule has 1 heterocycles. The highest BCUT2D eigenvalue weighted by molar-refractivity contribution is 5.74. The number of aryl methyl sites for hydroxylation is 1. The molecule has 0 bridgehead atoms. The Labute approximate surface area is 71.2 Å². The van der Waals surface area contributed by atoms with Crippen LogP contribution in [0.3, 0.4) is 0 Å². The van der Waals surface area contributed by atoms with Crippen LogP contribution in [0, 0.1) is 5.92 Å². The Balaban J connectivity index is 2.40. The van der Waals surface area contributed by atoms with Gasteiger partial charge < -0.3 is 0 Å². The Morgan fingerprint density at radius 1 is 1.67 bits per heavy atom. The fourth-order valence-electron chi connectivity index (χ4n) is 1.79. The maximum absolute atomic E-state index is 10.6. The van der Waals surface area contributed by atoms with E-state index < -0.39 is 0 Å². The SMILES string of the molecule is C[C@@H]1CCc2[nH]nc(C=O)c2C1. The van der Waals surface area contributed by atoms with E-state index in [-0.39, 0.29) is 0 Å². The molecular formula is C9H12N2O. The normalized spacial score (nSPS) is 21.9. The highest BCUT2D eigenvalue weighted by atomic mass is 16.1. The topological polar surface area (TPSA) is 45.8 Å². The third kappa shape index (κ3) is 1.05. The van der Waals surface area contributed by atoms with E-state index in [2.05, 4.69) is 17.1 Å². The Morgan fingerprint density at radius 3 is 3.25 bits per heavy atom. The molecule has 0 fully saturated rings. The number of aromatic nitrogens is 2. The second kappa shape index (κ2) is 2.73. The molecule has 0 saturated heterocycles. The highest BCUT2D eigenvalue weighted by Gasteiger charge is 2.20. The summed E-state index contributed by atoms with van der Waals surface area (Å²) >= 11 is 0. The minimum Gasteiger partial charge on any atom is -0.296 e. The van der Waals surface area contributed by atoms with Crippen LogP contribution in [0.5, 0.6) is 0 Å². The van der Waals surface area contributed by atoms with E-state index in [4.69, 9.17) is 0 Å². The Bertz CT molecular complexity index is 303. The van der Waals surface area contributed by atoms with Crippen LogP contribution >= 0.6 is 0 Å². The summed E-state index contributed by atoms with van der Waals surface area (Å²) in [7, 11) is 0. The van der Waals surface area contributed by atoms with Crippen molar-refractivity contribution in [1.29, 1.82) is 0 Å². The smallest absolute Gasteiger partial charge is 0.170 e. The van der Waals surface area contributed by atoms with E-state index >= 15 is 0 Å². The van der Waals surface area contributed by atoms with Crippen molar-refractivity contribution in [2.45, 2.75) is 26.2 Å². The van der Waals surface area contributed by atoms with Gasteiger partial charge in [-0.1, -0.05) is 6.92 Å². The molecule has 0 amide bonds. The number of nitrogens with zero attached hydrogens (tertiary/aromatic N) is 1. The molecule has 0 aliphatic heterocycles. The van der Waals surface area contributed by atoms with Gasteiger partial charge in [-0.25, -0.2) is 0 Å². The van der Waals surface area contributed by atoms with Crippen molar-refractivity contribution in [3.63, 3.8) is 0 Å². The van der Waals surface area contributed by atoms with Crippen molar-refractivity contribution in [2.75, 3.05) is 0 Å². The summed E-state index contributed by atoms with van der Waals surface area (Å²) in [5.74, 6) is 0.689. The van der Waals surface area contributed by atoms with Crippen LogP contribution in [0.2, 0.25) is 0 Å². The van der Waals surface area contributed by atoms with E-state index in [1.807, 2.05) is 0 Å². The van der Waals surface area contributed by atoms with Crippen molar-refractivity contribution in [1.82, 2.24) is 10.2 Å². The number of H-pyrrole nitrogens is 1. The van der Waals surface area contributed by atoms with Crippen molar-refractivity contribution < 1.29 is 4.79 Å². The van der Waals surface area contributed by atoms with Gasteiger partial charge in [-0.05, 0) is 25.2 Å². The molecule has 3 nitrogen and oxygen atoms in total. The van der Waals surface area contributed by atoms with Gasteiger partial charge in [0.25, 0.3) is 0 Å². The Kier molecular flexibility index (Phi) is 1.71. The molecule has 1 N–H and O–H groups in total. The van der Waals surface area contributed by atoms with Crippen LogP contribution in [0.1, 0.15) is 35.1 Å². The average molecular weight is 164 g/mol. The lowest BCUT2D eigenvalue weighted by molar-refractivity contribution is 0.111. The predicted octanol–water partition coefficient (Wildman–Crippen LogP) is 1.35. The average Bonchev–Trinajstić information content (AvgIpc) is 2.46. The molecule has 0 radical (unpaired) electrons. The zero-order valence-corrected chi connectivity index (χ0v) is 7.13. The molecule has 3 heteroatoms. The molecule has 1 atom stereocenters. The van der Waals surface area contributed by atoms with Crippen molar-refractivity contribution >= 4 is 6.29 Å². The molecular weight excluding hydrogens is 152 g/mol. The fourth-order valence-corrected chi connectivity index (χ4v) is 1.79. The van der Waals surface area contributed by atoms with Gasteiger partial charge in [0.1, 0.15) is 5.69 Å². The van der Waals surface area contributed by atoms with Gasteiger partial charge >= 0.3 is 0 Å². The quantitative estimate of drug-likeness (QED) is 0.637. The number of rotatable bonds is 1. The number of hydrogen-bond acceptors (Lipinski definition) is 2. The summed E-state index contributed by atoms with van der Waals surface area (Å²) in [5, 5.41) is 6.87. The molecule has 64 valence electrons. The van der Waals surface area contributed by atoms with Crippen LogP contribution < -0.4 is 0 Å². The fraction of sp³-hybridized carbons (Fsp3) is 0.556. The maximum Gasteiger partial charge on any atom is 0.170 e. The number of nitrogens with one attached hydrogen (secondary N) is 1. The van der Waals surface area contributed by atoms with Crippen LogP contribution in [-0.2, 0) is 12.8 Å². The van der Waals surface area contributed by atoms with Crippen molar-refractivity contribution in [3.8, 4) is 0 Å². The lowest BCUT2D eigenvalue weighted by Crippen LogP contribution is -2.11. The predicted molar refractivity (Wildman–Crippen MR) is 45.2 cm³/mol. The number of fused-ring (bicyclic) bond motifs is 1. The van der Waals surface area contributed by atoms with Crippen LogP contribution in [0.25, 0.3) is 0 Å². The third-order valence-electron chi connectivity index (χ3n) is 2.54. The standard InChI is InChI=1S/C9H12N2O/c1-6-2-3-8-7(4-6)9(5-12)11-10-8/h5-6H,2-4H2,1H3,(H,10,11)/t6-/m1/s1. The molecule has 2 rings (SSSR count). The monoisotopic (exact) mass is 164 g/mol. The van der Waals surface area contributed by atoms with E-state index in [1.54, 1.807) is 0 Å². The Morgan fingerprint density at radius 2 is 2.50 bits per heavy atom. The van der Waals surface area contributed by atoms with E-state index in [0.29, 0.717) is 11.6 Å². The maximum atomic E-state index is 10.6. The van der Waals surface area contributed by atoms with Gasteiger partial charge in [0, 0.05) is 11.3 Å². The molecule has 1 aliphatic carbocycles. The summed E-state index contributed by atoms with van der Waals surface area (Å²) in [4.78, 5) is 10.6. The zero-order chi connectivity index (χ0) is 8.55. The molecule has 1 aliphatic rings. The van der Waals surface area contributed by atoms with Crippen molar-refractivity contribution in [3.05, 3.63) is 17.0 Å². The highest BCUT2D eigenvalue weighted by Crippen LogP contribution is 2.25. The summed E-state index contributed by atoms with van der Waals surface area (Å²) in [6.07, 6.45) is 4.08. The lowest BCUT2D eigenvalue weighted by atomic mass is 9.88. The number of carbonyl (C=O) groups excluding carboxylic acids is 1. The largest absolute Gasteiger partial charge is 0.296 e. The molecule has 1 aromatic rings. The van der Waals surface area contributed by atoms with Crippen LogP contribution in [0.15, 0.2) is 0 Å². The molecule has 12 heavy (non-hydrogen) atoms. The zero-order valence-electron chi connectivity index (χ0n) is 7.13. The van der Waals surface area contributed by atoms with E-state index in [0.717, 1.165) is 30.4 Å². The van der Waals surface area contributed by atoms with Crippen molar-refractivity contribution in [2.24, 2.45) is 5.92 Å². The van der Waals surface area contributed by atoms with Gasteiger partial charge in [-0.2, -0.15) is 5.10 Å². The van der Waals surface area contributed by atoms with E-state index in [9.17, 15) is 4.79 Å². The number of carbonyl (C=O) groups is 1. The number of aldehydes is 1. The lowest BCUT2D eigenvalue weighted by Gasteiger charge is -2.17. The molecule has 0 saturated carbocycles. The second-order valence-electron chi connectivity index (χ2n) is 3.53. The first-order valence-electron chi connectivity index (χ1n) is 4.32. The van der Waals surface area contributed by atoms with Gasteiger partial charge in [0.05, 0.1) is 0 Å². The van der Waals surface area contributed by atoms with Gasteiger partial charge in [0.2, 0.25) is 0 Å². The minimum absolute atomic E-state index is 0.608. The first-order chi connectivity index (χ1) is 5.81. The number of aromatic amines is 1. The van der Waals surface area contributed by atoms with E-state index in [1.165, 1.54) is 6.42 Å². The van der Waals surface area contributed by atoms with Crippen LogP contribution in [0.4, 0.5) is 0 Å². The minimum atomic E-state index is 0.608. The summed E-state index contributed by atoms with van der Waals surface area (Å²) in [6, 6.07) is 0.